The lowest BCUT2D eigenvalue weighted by atomic mass is 9.95. The number of amides is 2. The van der Waals surface area contributed by atoms with E-state index < -0.39 is 42.0 Å². The number of rotatable bonds is 7. The molecular formula is C25H35N3O7SSi. The number of hydroxylamine groups is 1. The van der Waals surface area contributed by atoms with Gasteiger partial charge < -0.3 is 14.0 Å². The molecule has 0 bridgehead atoms. The normalized spacial score (nSPS) is 16.5. The van der Waals surface area contributed by atoms with Crippen LogP contribution in [0.4, 0.5) is 10.5 Å². The summed E-state index contributed by atoms with van der Waals surface area (Å²) in [5, 5.41) is 2.68. The molecule has 2 amide bonds. The van der Waals surface area contributed by atoms with Crippen LogP contribution in [0.1, 0.15) is 31.9 Å². The van der Waals surface area contributed by atoms with Gasteiger partial charge in [-0.25, -0.2) is 18.7 Å². The molecule has 2 aromatic carbocycles. The highest BCUT2D eigenvalue weighted by Crippen LogP contribution is 2.32. The molecule has 1 aliphatic rings. The lowest BCUT2D eigenvalue weighted by Crippen LogP contribution is -2.53. The number of fused-ring (bicyclic) bond motifs is 1. The first-order valence-electron chi connectivity index (χ1n) is 11.8. The molecule has 3 rings (SSSR count). The smallest absolute Gasteiger partial charge is 0.412 e. The van der Waals surface area contributed by atoms with E-state index in [1.807, 2.05) is 19.6 Å². The van der Waals surface area contributed by atoms with Crippen molar-refractivity contribution in [2.24, 2.45) is 0 Å². The first-order chi connectivity index (χ1) is 17.1. The predicted octanol–water partition coefficient (Wildman–Crippen LogP) is 4.04. The van der Waals surface area contributed by atoms with E-state index in [2.05, 4.69) is 10.8 Å². The van der Waals surface area contributed by atoms with Crippen molar-refractivity contribution >= 4 is 36.0 Å². The summed E-state index contributed by atoms with van der Waals surface area (Å²) in [6, 6.07) is 10.1. The van der Waals surface area contributed by atoms with Crippen LogP contribution in [0.15, 0.2) is 47.4 Å². The SMILES string of the molecule is COc1ccc(S(=O)(=O)N2Cc3cc(NC(=O)OC(C)(C)C)ccc3C[C@@H]2C(=O)NO[Si](C)(C)C)cc1. The van der Waals surface area contributed by atoms with Crippen LogP contribution >= 0.6 is 0 Å². The van der Waals surface area contributed by atoms with Crippen LogP contribution in [0.5, 0.6) is 5.75 Å². The summed E-state index contributed by atoms with van der Waals surface area (Å²) in [6.07, 6.45) is -0.482. The summed E-state index contributed by atoms with van der Waals surface area (Å²) in [5.74, 6) is -0.0280. The Hall–Kier alpha value is -2.93. The standard InChI is InChI=1S/C25H35N3O7SSi/c1-25(2,3)34-24(30)26-19-9-8-17-15-22(23(29)27-35-37(5,6)7)28(16-18(17)14-19)36(31,32)21-12-10-20(33-4)11-13-21/h8-14,22H,15-16H2,1-7H3,(H,26,30)(H,27,29)/t22-/m1/s1. The van der Waals surface area contributed by atoms with Gasteiger partial charge in [-0.3, -0.25) is 10.1 Å². The molecule has 0 saturated heterocycles. The Bertz CT molecular complexity index is 1250. The number of carbonyl (C=O) groups excluding carboxylic acids is 2. The maximum Gasteiger partial charge on any atom is 0.412 e. The molecule has 10 nitrogen and oxygen atoms in total. The van der Waals surface area contributed by atoms with Crippen molar-refractivity contribution < 1.29 is 32.0 Å². The van der Waals surface area contributed by atoms with E-state index in [4.69, 9.17) is 14.0 Å². The lowest BCUT2D eigenvalue weighted by molar-refractivity contribution is -0.132. The summed E-state index contributed by atoms with van der Waals surface area (Å²) in [5.41, 5.74) is 3.73. The summed E-state index contributed by atoms with van der Waals surface area (Å²) < 4.78 is 44.6. The van der Waals surface area contributed by atoms with Gasteiger partial charge in [-0.05, 0) is 94.4 Å². The zero-order chi connectivity index (χ0) is 27.6. The Balaban J connectivity index is 1.95. The van der Waals surface area contributed by atoms with Crippen molar-refractivity contribution in [2.75, 3.05) is 12.4 Å². The highest BCUT2D eigenvalue weighted by molar-refractivity contribution is 7.89. The minimum atomic E-state index is -4.08. The van der Waals surface area contributed by atoms with E-state index in [1.165, 1.54) is 19.2 Å². The van der Waals surface area contributed by atoms with E-state index in [0.29, 0.717) is 17.0 Å². The molecule has 2 aromatic rings. The third-order valence-corrected chi connectivity index (χ3v) is 7.95. The highest BCUT2D eigenvalue weighted by Gasteiger charge is 2.40. The fourth-order valence-electron chi connectivity index (χ4n) is 3.69. The van der Waals surface area contributed by atoms with Gasteiger partial charge in [0.15, 0.2) is 0 Å². The number of anilines is 1. The van der Waals surface area contributed by atoms with E-state index in [-0.39, 0.29) is 17.9 Å². The van der Waals surface area contributed by atoms with Gasteiger partial charge >= 0.3 is 6.09 Å². The Kier molecular flexibility index (Phi) is 8.37. The molecule has 0 unspecified atom stereocenters. The van der Waals surface area contributed by atoms with Gasteiger partial charge in [0.1, 0.15) is 17.4 Å². The van der Waals surface area contributed by atoms with Crippen LogP contribution in [-0.4, -0.2) is 51.8 Å². The Morgan fingerprint density at radius 1 is 1.03 bits per heavy atom. The van der Waals surface area contributed by atoms with Gasteiger partial charge in [0.25, 0.3) is 5.91 Å². The first-order valence-corrected chi connectivity index (χ1v) is 16.7. The van der Waals surface area contributed by atoms with Crippen LogP contribution in [0.3, 0.4) is 0 Å². The second kappa shape index (κ2) is 10.8. The van der Waals surface area contributed by atoms with Crippen molar-refractivity contribution in [1.29, 1.82) is 0 Å². The molecule has 0 aliphatic carbocycles. The van der Waals surface area contributed by atoms with Crippen molar-refractivity contribution in [3.63, 3.8) is 0 Å². The summed E-state index contributed by atoms with van der Waals surface area (Å²) in [4.78, 5) is 25.4. The summed E-state index contributed by atoms with van der Waals surface area (Å²) >= 11 is 0. The van der Waals surface area contributed by atoms with Crippen LogP contribution in [0.25, 0.3) is 0 Å². The number of carbonyl (C=O) groups is 2. The number of benzene rings is 2. The molecular weight excluding hydrogens is 514 g/mol. The first kappa shape index (κ1) is 28.6. The van der Waals surface area contributed by atoms with Crippen molar-refractivity contribution in [1.82, 2.24) is 9.79 Å². The zero-order valence-corrected chi connectivity index (χ0v) is 24.1. The van der Waals surface area contributed by atoms with Gasteiger partial charge in [0.05, 0.1) is 12.0 Å². The summed E-state index contributed by atoms with van der Waals surface area (Å²) in [7, 11) is -4.69. The zero-order valence-electron chi connectivity index (χ0n) is 22.2. The second-order valence-electron chi connectivity index (χ2n) is 10.7. The maximum absolute atomic E-state index is 13.7. The number of hydrogen-bond donors (Lipinski definition) is 2. The molecule has 1 atom stereocenters. The van der Waals surface area contributed by atoms with E-state index in [0.717, 1.165) is 9.87 Å². The Labute approximate surface area is 219 Å². The lowest BCUT2D eigenvalue weighted by Gasteiger charge is -2.35. The fourth-order valence-corrected chi connectivity index (χ4v) is 5.66. The number of nitrogens with one attached hydrogen (secondary N) is 2. The molecule has 37 heavy (non-hydrogen) atoms. The molecule has 0 radical (unpaired) electrons. The minimum Gasteiger partial charge on any atom is -0.497 e. The third kappa shape index (κ3) is 7.54. The predicted molar refractivity (Wildman–Crippen MR) is 142 cm³/mol. The van der Waals surface area contributed by atoms with Crippen molar-refractivity contribution in [3.8, 4) is 5.75 Å². The molecule has 0 aromatic heterocycles. The molecule has 2 N–H and O–H groups in total. The van der Waals surface area contributed by atoms with E-state index in [1.54, 1.807) is 51.1 Å². The third-order valence-electron chi connectivity index (χ3n) is 5.37. The van der Waals surface area contributed by atoms with Crippen LogP contribution in [-0.2, 0) is 37.0 Å². The maximum atomic E-state index is 13.7. The highest BCUT2D eigenvalue weighted by atomic mass is 32.2. The Morgan fingerprint density at radius 3 is 2.24 bits per heavy atom. The van der Waals surface area contributed by atoms with Crippen molar-refractivity contribution in [3.05, 3.63) is 53.6 Å². The van der Waals surface area contributed by atoms with Gasteiger partial charge in [0.2, 0.25) is 18.3 Å². The molecule has 12 heteroatoms. The quantitative estimate of drug-likeness (QED) is 0.395. The average molecular weight is 550 g/mol. The number of sulfonamides is 1. The molecule has 0 fully saturated rings. The monoisotopic (exact) mass is 549 g/mol. The van der Waals surface area contributed by atoms with E-state index >= 15 is 0 Å². The number of hydrogen-bond acceptors (Lipinski definition) is 7. The van der Waals surface area contributed by atoms with Crippen LogP contribution in [0.2, 0.25) is 19.6 Å². The molecule has 202 valence electrons. The molecule has 1 heterocycles. The molecule has 0 saturated carbocycles. The minimum absolute atomic E-state index is 0.0312. The van der Waals surface area contributed by atoms with E-state index in [9.17, 15) is 18.0 Å². The van der Waals surface area contributed by atoms with Crippen molar-refractivity contribution in [2.45, 2.75) is 69.9 Å². The number of nitrogens with zero attached hydrogens (tertiary/aromatic N) is 1. The van der Waals surface area contributed by atoms with Gasteiger partial charge in [0, 0.05) is 12.2 Å². The topological polar surface area (TPSA) is 123 Å². The van der Waals surface area contributed by atoms with Gasteiger partial charge in [-0.2, -0.15) is 4.31 Å². The fraction of sp³-hybridized carbons (Fsp3) is 0.440. The Morgan fingerprint density at radius 2 is 1.68 bits per heavy atom. The van der Waals surface area contributed by atoms with Crippen LogP contribution in [0, 0.1) is 0 Å². The number of methoxy groups -OCH3 is 1. The van der Waals surface area contributed by atoms with Gasteiger partial charge in [-0.15, -0.1) is 0 Å². The number of ether oxygens (including phenoxy) is 2. The largest absolute Gasteiger partial charge is 0.497 e. The van der Waals surface area contributed by atoms with Crippen LogP contribution < -0.4 is 15.5 Å². The second-order valence-corrected chi connectivity index (χ2v) is 17.1. The summed E-state index contributed by atoms with van der Waals surface area (Å²) in [6.45, 7) is 10.9. The molecule has 1 aliphatic heterocycles. The average Bonchev–Trinajstić information content (AvgIpc) is 2.80. The molecule has 0 spiro atoms. The van der Waals surface area contributed by atoms with Gasteiger partial charge in [-0.1, -0.05) is 6.07 Å².